The van der Waals surface area contributed by atoms with Crippen molar-refractivity contribution >= 4 is 16.8 Å². The maximum Gasteiger partial charge on any atom is 0.248 e. The highest BCUT2D eigenvalue weighted by atomic mass is 16.5. The van der Waals surface area contributed by atoms with Gasteiger partial charge in [-0.25, -0.2) is 0 Å². The van der Waals surface area contributed by atoms with Crippen molar-refractivity contribution in [2.45, 2.75) is 25.6 Å². The van der Waals surface area contributed by atoms with Crippen molar-refractivity contribution in [1.82, 2.24) is 4.98 Å². The lowest BCUT2D eigenvalue weighted by molar-refractivity contribution is 0.00972. The summed E-state index contributed by atoms with van der Waals surface area (Å²) in [5.74, 6) is -0.430. The molecule has 1 aromatic carbocycles. The molecule has 1 aromatic heterocycles. The number of rotatable bonds is 5. The zero-order valence-electron chi connectivity index (χ0n) is 11.7. The van der Waals surface area contributed by atoms with Crippen molar-refractivity contribution in [3.63, 3.8) is 0 Å². The van der Waals surface area contributed by atoms with Crippen molar-refractivity contribution in [3.05, 3.63) is 41.6 Å². The van der Waals surface area contributed by atoms with Gasteiger partial charge in [-0.3, -0.25) is 9.78 Å². The van der Waals surface area contributed by atoms with Crippen LogP contribution in [0.3, 0.4) is 0 Å². The molecule has 1 unspecified atom stereocenters. The number of carbonyl (C=O) groups is 1. The number of carbonyl (C=O) groups excluding carboxylic acids is 1. The molecule has 5 heteroatoms. The second kappa shape index (κ2) is 6.20. The van der Waals surface area contributed by atoms with Gasteiger partial charge in [-0.2, -0.15) is 0 Å². The third kappa shape index (κ3) is 3.37. The van der Waals surface area contributed by atoms with Crippen molar-refractivity contribution in [2.24, 2.45) is 5.73 Å². The summed E-state index contributed by atoms with van der Waals surface area (Å²) in [4.78, 5) is 15.7. The summed E-state index contributed by atoms with van der Waals surface area (Å²) >= 11 is 0. The molecule has 2 N–H and O–H groups in total. The highest BCUT2D eigenvalue weighted by Crippen LogP contribution is 2.16. The molecule has 5 nitrogen and oxygen atoms in total. The van der Waals surface area contributed by atoms with Crippen LogP contribution in [0.15, 0.2) is 30.3 Å². The van der Waals surface area contributed by atoms with Gasteiger partial charge in [0.25, 0.3) is 0 Å². The minimum Gasteiger partial charge on any atom is -0.376 e. The second-order valence-corrected chi connectivity index (χ2v) is 5.22. The number of nitrogens with two attached hydrogens (primary N) is 1. The lowest BCUT2D eigenvalue weighted by atomic mass is 10.1. The quantitative estimate of drug-likeness (QED) is 0.912. The molecule has 0 bridgehead atoms. The number of fused-ring (bicyclic) bond motifs is 1. The summed E-state index contributed by atoms with van der Waals surface area (Å²) in [6.45, 7) is 1.91. The van der Waals surface area contributed by atoms with E-state index >= 15 is 0 Å². The molecule has 0 radical (unpaired) electrons. The van der Waals surface area contributed by atoms with Gasteiger partial charge in [-0.1, -0.05) is 6.07 Å². The fourth-order valence-electron chi connectivity index (χ4n) is 2.47. The molecule has 1 atom stereocenters. The summed E-state index contributed by atoms with van der Waals surface area (Å²) < 4.78 is 11.2. The monoisotopic (exact) mass is 286 g/mol. The van der Waals surface area contributed by atoms with Crippen molar-refractivity contribution in [1.29, 1.82) is 0 Å². The highest BCUT2D eigenvalue weighted by molar-refractivity contribution is 5.96. The Bertz CT molecular complexity index is 651. The molecule has 1 aliphatic heterocycles. The van der Waals surface area contributed by atoms with E-state index in [0.29, 0.717) is 18.8 Å². The fourth-order valence-corrected chi connectivity index (χ4v) is 2.47. The van der Waals surface area contributed by atoms with Crippen LogP contribution in [0.5, 0.6) is 0 Å². The van der Waals surface area contributed by atoms with E-state index in [4.69, 9.17) is 15.2 Å². The fraction of sp³-hybridized carbons (Fsp3) is 0.375. The van der Waals surface area contributed by atoms with Crippen LogP contribution in [-0.4, -0.2) is 30.2 Å². The lowest BCUT2D eigenvalue weighted by Gasteiger charge is -2.10. The second-order valence-electron chi connectivity index (χ2n) is 5.22. The number of aromatic nitrogens is 1. The van der Waals surface area contributed by atoms with Crippen LogP contribution in [-0.2, 0) is 16.1 Å². The average Bonchev–Trinajstić information content (AvgIpc) is 3.00. The molecule has 1 saturated heterocycles. The maximum absolute atomic E-state index is 11.1. The van der Waals surface area contributed by atoms with E-state index in [1.54, 1.807) is 18.2 Å². The molecule has 110 valence electrons. The molecule has 3 rings (SSSR count). The topological polar surface area (TPSA) is 74.4 Å². The third-order valence-electron chi connectivity index (χ3n) is 3.61. The van der Waals surface area contributed by atoms with E-state index in [1.165, 1.54) is 0 Å². The number of pyridine rings is 1. The Morgan fingerprint density at radius 2 is 2.29 bits per heavy atom. The Hall–Kier alpha value is -1.98. The summed E-state index contributed by atoms with van der Waals surface area (Å²) in [7, 11) is 0. The van der Waals surface area contributed by atoms with Crippen LogP contribution in [0.1, 0.15) is 28.9 Å². The number of nitrogens with zero attached hydrogens (tertiary/aromatic N) is 1. The van der Waals surface area contributed by atoms with Crippen LogP contribution < -0.4 is 5.73 Å². The van der Waals surface area contributed by atoms with Gasteiger partial charge in [0.1, 0.15) is 0 Å². The Kier molecular flexibility index (Phi) is 4.13. The molecule has 0 saturated carbocycles. The first-order valence-corrected chi connectivity index (χ1v) is 7.11. The largest absolute Gasteiger partial charge is 0.376 e. The van der Waals surface area contributed by atoms with E-state index in [-0.39, 0.29) is 6.10 Å². The van der Waals surface area contributed by atoms with E-state index in [2.05, 4.69) is 4.98 Å². The normalized spacial score (nSPS) is 18.2. The van der Waals surface area contributed by atoms with Crippen LogP contribution in [0, 0.1) is 0 Å². The minimum atomic E-state index is -0.430. The summed E-state index contributed by atoms with van der Waals surface area (Å²) in [5.41, 5.74) is 7.46. The van der Waals surface area contributed by atoms with Gasteiger partial charge in [0, 0.05) is 17.6 Å². The van der Waals surface area contributed by atoms with Gasteiger partial charge >= 0.3 is 0 Å². The number of hydrogen-bond acceptors (Lipinski definition) is 4. The Morgan fingerprint density at radius 3 is 3.05 bits per heavy atom. The zero-order chi connectivity index (χ0) is 14.7. The number of amides is 1. The van der Waals surface area contributed by atoms with E-state index in [9.17, 15) is 4.79 Å². The van der Waals surface area contributed by atoms with E-state index in [1.807, 2.05) is 12.1 Å². The molecule has 1 fully saturated rings. The molecule has 0 aliphatic carbocycles. The number of hydrogen-bond donors (Lipinski definition) is 1. The Morgan fingerprint density at radius 1 is 1.38 bits per heavy atom. The SMILES string of the molecule is NC(=O)c1ccc2nc(COCC3CCCO3)ccc2c1. The first-order chi connectivity index (χ1) is 10.2. The molecule has 21 heavy (non-hydrogen) atoms. The average molecular weight is 286 g/mol. The number of benzene rings is 1. The first kappa shape index (κ1) is 14.0. The lowest BCUT2D eigenvalue weighted by Crippen LogP contribution is -2.14. The van der Waals surface area contributed by atoms with Gasteiger partial charge in [0.2, 0.25) is 5.91 Å². The highest BCUT2D eigenvalue weighted by Gasteiger charge is 2.15. The summed E-state index contributed by atoms with van der Waals surface area (Å²) in [6, 6.07) is 9.08. The number of primary amides is 1. The maximum atomic E-state index is 11.1. The molecule has 1 amide bonds. The van der Waals surface area contributed by atoms with Gasteiger partial charge in [-0.15, -0.1) is 0 Å². The van der Waals surface area contributed by atoms with Crippen molar-refractivity contribution < 1.29 is 14.3 Å². The third-order valence-corrected chi connectivity index (χ3v) is 3.61. The van der Waals surface area contributed by atoms with Crippen molar-refractivity contribution in [2.75, 3.05) is 13.2 Å². The Labute approximate surface area is 123 Å². The molecule has 1 aliphatic rings. The summed E-state index contributed by atoms with van der Waals surface area (Å²) in [5, 5.41) is 0.897. The van der Waals surface area contributed by atoms with E-state index in [0.717, 1.165) is 36.0 Å². The van der Waals surface area contributed by atoms with E-state index < -0.39 is 5.91 Å². The van der Waals surface area contributed by atoms with Crippen LogP contribution >= 0.6 is 0 Å². The standard InChI is InChI=1S/C16H18N2O3/c17-16(19)12-4-6-15-11(8-12)3-5-13(18-15)9-20-10-14-2-1-7-21-14/h3-6,8,14H,1-2,7,9-10H2,(H2,17,19). The number of ether oxygens (including phenoxy) is 2. The minimum absolute atomic E-state index is 0.226. The molecule has 0 spiro atoms. The molecule has 2 aromatic rings. The Balaban J connectivity index is 1.66. The first-order valence-electron chi connectivity index (χ1n) is 7.11. The van der Waals surface area contributed by atoms with Crippen LogP contribution in [0.2, 0.25) is 0 Å². The van der Waals surface area contributed by atoms with Gasteiger partial charge in [0.15, 0.2) is 0 Å². The smallest absolute Gasteiger partial charge is 0.248 e. The van der Waals surface area contributed by atoms with Gasteiger partial charge in [-0.05, 0) is 37.1 Å². The predicted molar refractivity (Wildman–Crippen MR) is 78.9 cm³/mol. The molecular weight excluding hydrogens is 268 g/mol. The van der Waals surface area contributed by atoms with Crippen LogP contribution in [0.4, 0.5) is 0 Å². The zero-order valence-corrected chi connectivity index (χ0v) is 11.7. The molecular formula is C16H18N2O3. The van der Waals surface area contributed by atoms with Gasteiger partial charge < -0.3 is 15.2 Å². The van der Waals surface area contributed by atoms with Crippen LogP contribution in [0.25, 0.3) is 10.9 Å². The molecule has 2 heterocycles. The summed E-state index contributed by atoms with van der Waals surface area (Å²) in [6.07, 6.45) is 2.41. The van der Waals surface area contributed by atoms with Crippen molar-refractivity contribution in [3.8, 4) is 0 Å². The predicted octanol–water partition coefficient (Wildman–Crippen LogP) is 2.03. The van der Waals surface area contributed by atoms with Gasteiger partial charge in [0.05, 0.1) is 30.5 Å².